The second-order valence-corrected chi connectivity index (χ2v) is 9.86. The zero-order valence-electron chi connectivity index (χ0n) is 19.2. The van der Waals surface area contributed by atoms with Crippen LogP contribution in [0.2, 0.25) is 0 Å². The first kappa shape index (κ1) is 22.6. The van der Waals surface area contributed by atoms with E-state index in [2.05, 4.69) is 16.4 Å². The first-order valence-electron chi connectivity index (χ1n) is 11.8. The van der Waals surface area contributed by atoms with Crippen LogP contribution in [0.1, 0.15) is 54.4 Å². The van der Waals surface area contributed by atoms with Crippen molar-refractivity contribution >= 4 is 40.4 Å². The van der Waals surface area contributed by atoms with Gasteiger partial charge in [0.25, 0.3) is 5.91 Å². The summed E-state index contributed by atoms with van der Waals surface area (Å²) in [7, 11) is 0. The summed E-state index contributed by atoms with van der Waals surface area (Å²) >= 11 is 5.01. The molecular formula is C27H28N4O2S. The van der Waals surface area contributed by atoms with E-state index in [0.717, 1.165) is 42.0 Å². The molecule has 1 aliphatic carbocycles. The van der Waals surface area contributed by atoms with Crippen LogP contribution in [0.25, 0.3) is 21.9 Å². The van der Waals surface area contributed by atoms with Gasteiger partial charge in [0.1, 0.15) is 28.7 Å². The number of fused-ring (bicyclic) bond motifs is 2. The van der Waals surface area contributed by atoms with Crippen LogP contribution in [0, 0.1) is 11.3 Å². The van der Waals surface area contributed by atoms with Crippen molar-refractivity contribution in [3.05, 3.63) is 71.6 Å². The molecule has 0 unspecified atom stereocenters. The normalized spacial score (nSPS) is 20.4. The van der Waals surface area contributed by atoms with E-state index in [9.17, 15) is 10.1 Å². The van der Waals surface area contributed by atoms with Gasteiger partial charge in [-0.3, -0.25) is 10.1 Å². The summed E-state index contributed by atoms with van der Waals surface area (Å²) in [5, 5.41) is 15.1. The highest BCUT2D eigenvalue weighted by atomic mass is 32.1. The molecule has 2 N–H and O–H groups in total. The van der Waals surface area contributed by atoms with E-state index < -0.39 is 4.87 Å². The van der Waals surface area contributed by atoms with E-state index in [0.29, 0.717) is 35.7 Å². The number of aromatic nitrogens is 1. The lowest BCUT2D eigenvalue weighted by atomic mass is 9.88. The van der Waals surface area contributed by atoms with E-state index in [1.54, 1.807) is 0 Å². The molecule has 2 atom stereocenters. The highest BCUT2D eigenvalue weighted by molar-refractivity contribution is 7.81. The van der Waals surface area contributed by atoms with E-state index in [1.165, 1.54) is 0 Å². The Morgan fingerprint density at radius 1 is 1.29 bits per heavy atom. The van der Waals surface area contributed by atoms with Gasteiger partial charge in [-0.05, 0) is 56.9 Å². The number of rotatable bonds is 6. The Labute approximate surface area is 204 Å². The van der Waals surface area contributed by atoms with E-state index in [1.807, 2.05) is 66.4 Å². The fraction of sp³-hybridized carbons (Fsp3) is 0.333. The SMILES string of the molecule is CCN(C(=O)c1cc2ccccc2[nH]1)[C@H]1CCC[C@@](S)(NCc2oc3ccccc3c2C#N)C1. The molecule has 1 saturated carbocycles. The zero-order valence-corrected chi connectivity index (χ0v) is 20.1. The van der Waals surface area contributed by atoms with Crippen LogP contribution in [0.3, 0.4) is 0 Å². The molecule has 1 fully saturated rings. The van der Waals surface area contributed by atoms with Gasteiger partial charge in [0.15, 0.2) is 0 Å². The van der Waals surface area contributed by atoms with Crippen LogP contribution in [0.15, 0.2) is 59.0 Å². The van der Waals surface area contributed by atoms with Crippen molar-refractivity contribution in [2.45, 2.75) is 50.1 Å². The maximum absolute atomic E-state index is 13.4. The Hall–Kier alpha value is -3.21. The molecule has 2 heterocycles. The molecule has 1 amide bonds. The third-order valence-corrected chi connectivity index (χ3v) is 7.43. The van der Waals surface area contributed by atoms with Gasteiger partial charge < -0.3 is 14.3 Å². The molecule has 7 heteroatoms. The Bertz CT molecular complexity index is 1350. The third-order valence-electron chi connectivity index (χ3n) is 6.86. The number of carbonyl (C=O) groups excluding carboxylic acids is 1. The topological polar surface area (TPSA) is 85.1 Å². The van der Waals surface area contributed by atoms with E-state index in [-0.39, 0.29) is 11.9 Å². The van der Waals surface area contributed by atoms with Gasteiger partial charge in [-0.15, -0.1) is 0 Å². The molecule has 0 bridgehead atoms. The molecule has 6 nitrogen and oxygen atoms in total. The molecule has 34 heavy (non-hydrogen) atoms. The molecule has 0 radical (unpaired) electrons. The standard InChI is InChI=1S/C27H28N4O2S/c1-2-31(26(32)23-14-18-8-3-5-11-22(18)30-23)19-9-7-13-27(34,15-19)29-17-25-21(16-28)20-10-4-6-12-24(20)33-25/h3-6,8,10-12,14,19,29-30,34H,2,7,9,13,15,17H2,1H3/t19-,27-/m0/s1. The van der Waals surface area contributed by atoms with Crippen molar-refractivity contribution in [3.8, 4) is 6.07 Å². The average Bonchev–Trinajstić information content (AvgIpc) is 3.44. The van der Waals surface area contributed by atoms with Gasteiger partial charge in [0.05, 0.1) is 11.4 Å². The number of nitriles is 1. The Balaban J connectivity index is 1.32. The first-order valence-corrected chi connectivity index (χ1v) is 12.2. The Morgan fingerprint density at radius 2 is 2.09 bits per heavy atom. The van der Waals surface area contributed by atoms with Crippen LogP contribution >= 0.6 is 12.6 Å². The number of hydrogen-bond acceptors (Lipinski definition) is 5. The third kappa shape index (κ3) is 4.20. The summed E-state index contributed by atoms with van der Waals surface area (Å²) < 4.78 is 5.96. The van der Waals surface area contributed by atoms with Crippen LogP contribution in [-0.4, -0.2) is 33.2 Å². The molecule has 1 aliphatic rings. The van der Waals surface area contributed by atoms with Crippen molar-refractivity contribution in [1.29, 1.82) is 5.26 Å². The second kappa shape index (κ2) is 9.21. The van der Waals surface area contributed by atoms with Crippen LogP contribution < -0.4 is 5.32 Å². The van der Waals surface area contributed by atoms with Gasteiger partial charge >= 0.3 is 0 Å². The fourth-order valence-electron chi connectivity index (χ4n) is 5.15. The van der Waals surface area contributed by atoms with Gasteiger partial charge in [-0.2, -0.15) is 17.9 Å². The molecule has 5 rings (SSSR count). The smallest absolute Gasteiger partial charge is 0.270 e. The van der Waals surface area contributed by atoms with E-state index in [4.69, 9.17) is 17.0 Å². The molecule has 0 aliphatic heterocycles. The number of nitrogens with zero attached hydrogens (tertiary/aromatic N) is 2. The predicted molar refractivity (Wildman–Crippen MR) is 137 cm³/mol. The summed E-state index contributed by atoms with van der Waals surface area (Å²) in [5.74, 6) is 0.645. The van der Waals surface area contributed by atoms with Crippen molar-refractivity contribution in [3.63, 3.8) is 0 Å². The first-order chi connectivity index (χ1) is 16.5. The summed E-state index contributed by atoms with van der Waals surface area (Å²) in [4.78, 5) is 18.2. The largest absolute Gasteiger partial charge is 0.458 e. The summed E-state index contributed by atoms with van der Waals surface area (Å²) in [6.07, 6.45) is 3.51. The highest BCUT2D eigenvalue weighted by Gasteiger charge is 2.37. The van der Waals surface area contributed by atoms with Crippen molar-refractivity contribution in [2.75, 3.05) is 6.54 Å². The van der Waals surface area contributed by atoms with Crippen molar-refractivity contribution < 1.29 is 9.21 Å². The zero-order chi connectivity index (χ0) is 23.7. The lowest BCUT2D eigenvalue weighted by molar-refractivity contribution is 0.0611. The monoisotopic (exact) mass is 472 g/mol. The van der Waals surface area contributed by atoms with Gasteiger partial charge in [0, 0.05) is 28.9 Å². The van der Waals surface area contributed by atoms with Gasteiger partial charge in [-0.1, -0.05) is 30.3 Å². The number of furan rings is 1. The number of H-pyrrole nitrogens is 1. The van der Waals surface area contributed by atoms with Crippen LogP contribution in [-0.2, 0) is 6.54 Å². The number of para-hydroxylation sites is 2. The number of thiol groups is 1. The number of nitrogens with one attached hydrogen (secondary N) is 2. The molecule has 174 valence electrons. The summed E-state index contributed by atoms with van der Waals surface area (Å²) in [6.45, 7) is 3.07. The number of aromatic amines is 1. The summed E-state index contributed by atoms with van der Waals surface area (Å²) in [6, 6.07) is 19.8. The second-order valence-electron chi connectivity index (χ2n) is 9.00. The minimum atomic E-state index is -0.456. The maximum atomic E-state index is 13.4. The van der Waals surface area contributed by atoms with Gasteiger partial charge in [0.2, 0.25) is 0 Å². The van der Waals surface area contributed by atoms with Crippen molar-refractivity contribution in [1.82, 2.24) is 15.2 Å². The Morgan fingerprint density at radius 3 is 2.88 bits per heavy atom. The molecule has 2 aromatic carbocycles. The Kier molecular flexibility index (Phi) is 6.11. The number of amides is 1. The van der Waals surface area contributed by atoms with Crippen molar-refractivity contribution in [2.24, 2.45) is 0 Å². The molecule has 2 aromatic heterocycles. The van der Waals surface area contributed by atoms with E-state index >= 15 is 0 Å². The molecular weight excluding hydrogens is 444 g/mol. The van der Waals surface area contributed by atoms with Crippen LogP contribution in [0.5, 0.6) is 0 Å². The number of benzene rings is 2. The lowest BCUT2D eigenvalue weighted by Gasteiger charge is -2.42. The quantitative estimate of drug-likeness (QED) is 0.252. The molecule has 4 aromatic rings. The minimum Gasteiger partial charge on any atom is -0.458 e. The van der Waals surface area contributed by atoms with Gasteiger partial charge in [-0.25, -0.2) is 0 Å². The molecule has 0 spiro atoms. The minimum absolute atomic E-state index is 0.0188. The predicted octanol–water partition coefficient (Wildman–Crippen LogP) is 5.61. The average molecular weight is 473 g/mol. The maximum Gasteiger partial charge on any atom is 0.270 e. The lowest BCUT2D eigenvalue weighted by Crippen LogP contribution is -2.51. The fourth-order valence-corrected chi connectivity index (χ4v) is 5.60. The molecule has 0 saturated heterocycles. The highest BCUT2D eigenvalue weighted by Crippen LogP contribution is 2.36. The van der Waals surface area contributed by atoms with Crippen LogP contribution in [0.4, 0.5) is 0 Å². The number of hydrogen-bond donors (Lipinski definition) is 3. The summed E-state index contributed by atoms with van der Waals surface area (Å²) in [5.41, 5.74) is 2.87. The number of carbonyl (C=O) groups is 1.